The van der Waals surface area contributed by atoms with Crippen LogP contribution in [0.15, 0.2) is 65.4 Å². The van der Waals surface area contributed by atoms with Gasteiger partial charge in [-0.2, -0.15) is 0 Å². The number of carboxylic acid groups (broad SMARTS) is 1. The fourth-order valence-electron chi connectivity index (χ4n) is 5.89. The Hall–Kier alpha value is -3.50. The van der Waals surface area contributed by atoms with Crippen LogP contribution < -0.4 is 15.4 Å². The Morgan fingerprint density at radius 2 is 1.67 bits per heavy atom. The average molecular weight is 665 g/mol. The largest absolute Gasteiger partial charge is 0.478 e. The highest BCUT2D eigenvalue weighted by Crippen LogP contribution is 2.43. The summed E-state index contributed by atoms with van der Waals surface area (Å²) in [5.74, 6) is -0.643. The third-order valence-electron chi connectivity index (χ3n) is 8.53. The van der Waals surface area contributed by atoms with Gasteiger partial charge in [0.25, 0.3) is 5.91 Å². The van der Waals surface area contributed by atoms with E-state index in [4.69, 9.17) is 21.1 Å². The number of aromatic carboxylic acids is 1. The van der Waals surface area contributed by atoms with Gasteiger partial charge >= 0.3 is 5.97 Å². The molecule has 0 saturated carbocycles. The Balaban J connectivity index is 1.63. The summed E-state index contributed by atoms with van der Waals surface area (Å²) in [6.45, 7) is 7.01. The molecule has 0 aromatic heterocycles. The van der Waals surface area contributed by atoms with Gasteiger partial charge in [0.05, 0.1) is 25.4 Å². The van der Waals surface area contributed by atoms with E-state index in [0.29, 0.717) is 50.0 Å². The van der Waals surface area contributed by atoms with Crippen molar-refractivity contribution in [2.45, 2.75) is 32.4 Å². The van der Waals surface area contributed by atoms with Gasteiger partial charge in [0.15, 0.2) is 5.71 Å². The SMILES string of the molecule is CN(C)c1ccc2c(c1)[Si](C)(C)C1=CC(=[N+](C)C)C=CC1=C2c1cc(C(=O)NCCOCCOCCCCCCl)ccc1C(=O)O. The maximum Gasteiger partial charge on any atom is 0.336 e. The number of hydrogen-bond acceptors (Lipinski definition) is 5. The molecule has 0 spiro atoms. The lowest BCUT2D eigenvalue weighted by molar-refractivity contribution is -0.462. The van der Waals surface area contributed by atoms with E-state index in [1.165, 1.54) is 10.4 Å². The Kier molecular flexibility index (Phi) is 12.2. The zero-order chi connectivity index (χ0) is 33.4. The monoisotopic (exact) mass is 664 g/mol. The number of rotatable bonds is 15. The number of allylic oxidation sites excluding steroid dienone is 5. The molecule has 46 heavy (non-hydrogen) atoms. The van der Waals surface area contributed by atoms with Crippen LogP contribution in [-0.4, -0.2) is 102 Å². The highest BCUT2D eigenvalue weighted by Gasteiger charge is 2.41. The molecule has 1 aliphatic carbocycles. The Bertz CT molecular complexity index is 1590. The lowest BCUT2D eigenvalue weighted by Crippen LogP contribution is -2.49. The smallest absolute Gasteiger partial charge is 0.336 e. The van der Waals surface area contributed by atoms with Gasteiger partial charge in [-0.15, -0.1) is 11.6 Å². The molecular weight excluding hydrogens is 618 g/mol. The first kappa shape index (κ1) is 35.4. The number of alkyl halides is 1. The third kappa shape index (κ3) is 8.07. The second-order valence-electron chi connectivity index (χ2n) is 12.5. The number of unbranched alkanes of at least 4 members (excludes halogenated alkanes) is 2. The van der Waals surface area contributed by atoms with Crippen LogP contribution in [0.2, 0.25) is 13.1 Å². The summed E-state index contributed by atoms with van der Waals surface area (Å²) in [5.41, 5.74) is 6.13. The summed E-state index contributed by atoms with van der Waals surface area (Å²) in [6, 6.07) is 11.3. The summed E-state index contributed by atoms with van der Waals surface area (Å²) in [6.07, 6.45) is 9.46. The normalized spacial score (nSPS) is 14.8. The van der Waals surface area contributed by atoms with E-state index in [1.807, 2.05) is 28.2 Å². The van der Waals surface area contributed by atoms with E-state index < -0.39 is 14.0 Å². The second-order valence-corrected chi connectivity index (χ2v) is 17.2. The summed E-state index contributed by atoms with van der Waals surface area (Å²) in [4.78, 5) is 28.0. The summed E-state index contributed by atoms with van der Waals surface area (Å²) < 4.78 is 13.3. The molecule has 0 bridgehead atoms. The number of nitrogens with one attached hydrogen (secondary N) is 1. The number of fused-ring (bicyclic) bond motifs is 2. The van der Waals surface area contributed by atoms with Gasteiger partial charge in [-0.1, -0.05) is 19.2 Å². The van der Waals surface area contributed by atoms with Crippen LogP contribution in [0.5, 0.6) is 0 Å². The standard InChI is InChI=1S/C36H46ClN3O5Si/c1-39(2)26-11-14-29-32(23-26)46(5,6)33-24-27(40(3)4)12-15-30(33)34(29)31-22-25(10-13-28(31)36(42)43)35(41)38-17-19-45-21-20-44-18-9-7-8-16-37/h10-15,22-24H,7-9,16-21H2,1-6H3,(H-,38,41,42,43)/p+1. The summed E-state index contributed by atoms with van der Waals surface area (Å²) in [5, 5.41) is 15.7. The first-order chi connectivity index (χ1) is 22.0. The molecule has 4 rings (SSSR count). The molecule has 1 aliphatic heterocycles. The fraction of sp³-hybridized carbons (Fsp3) is 0.417. The summed E-state index contributed by atoms with van der Waals surface area (Å²) in [7, 11) is 5.89. The minimum absolute atomic E-state index is 0.157. The van der Waals surface area contributed by atoms with E-state index in [9.17, 15) is 14.7 Å². The highest BCUT2D eigenvalue weighted by molar-refractivity contribution is 6.98. The maximum absolute atomic E-state index is 13.3. The van der Waals surface area contributed by atoms with Crippen LogP contribution in [0.25, 0.3) is 5.57 Å². The van der Waals surface area contributed by atoms with E-state index in [-0.39, 0.29) is 11.5 Å². The number of hydrogen-bond donors (Lipinski definition) is 2. The van der Waals surface area contributed by atoms with Crippen molar-refractivity contribution < 1.29 is 28.7 Å². The van der Waals surface area contributed by atoms with Gasteiger partial charge in [0.2, 0.25) is 0 Å². The number of carboxylic acids is 1. The van der Waals surface area contributed by atoms with Crippen LogP contribution in [0, 0.1) is 0 Å². The number of halogens is 1. The number of amides is 1. The molecule has 2 aliphatic rings. The lowest BCUT2D eigenvalue weighted by atomic mass is 9.86. The molecule has 2 N–H and O–H groups in total. The van der Waals surface area contributed by atoms with E-state index >= 15 is 0 Å². The molecule has 0 atom stereocenters. The number of benzene rings is 2. The minimum Gasteiger partial charge on any atom is -0.478 e. The van der Waals surface area contributed by atoms with Crippen molar-refractivity contribution in [1.29, 1.82) is 0 Å². The van der Waals surface area contributed by atoms with Crippen LogP contribution in [-0.2, 0) is 9.47 Å². The number of nitrogens with zero attached hydrogens (tertiary/aromatic N) is 2. The predicted molar refractivity (Wildman–Crippen MR) is 190 cm³/mol. The number of anilines is 1. The van der Waals surface area contributed by atoms with Gasteiger partial charge in [-0.25, -0.2) is 9.37 Å². The van der Waals surface area contributed by atoms with Gasteiger partial charge in [0, 0.05) is 56.5 Å². The van der Waals surface area contributed by atoms with Crippen molar-refractivity contribution in [3.8, 4) is 0 Å². The zero-order valence-corrected chi connectivity index (χ0v) is 29.7. The molecule has 0 fully saturated rings. The second kappa shape index (κ2) is 15.9. The van der Waals surface area contributed by atoms with Crippen molar-refractivity contribution in [2.75, 3.05) is 71.9 Å². The van der Waals surface area contributed by atoms with Crippen LogP contribution >= 0.6 is 11.6 Å². The van der Waals surface area contributed by atoms with Gasteiger partial charge in [-0.05, 0) is 88.3 Å². The van der Waals surface area contributed by atoms with Gasteiger partial charge in [0.1, 0.15) is 22.2 Å². The number of ether oxygens (including phenoxy) is 2. The molecule has 2 aromatic rings. The molecule has 8 nitrogen and oxygen atoms in total. The molecule has 0 radical (unpaired) electrons. The summed E-state index contributed by atoms with van der Waals surface area (Å²) >= 11 is 5.69. The number of carbonyl (C=O) groups is 2. The molecule has 1 amide bonds. The first-order valence-corrected chi connectivity index (χ1v) is 19.4. The van der Waals surface area contributed by atoms with Crippen molar-refractivity contribution in [3.63, 3.8) is 0 Å². The quantitative estimate of drug-likeness (QED) is 0.119. The van der Waals surface area contributed by atoms with Crippen molar-refractivity contribution in [2.24, 2.45) is 0 Å². The van der Waals surface area contributed by atoms with Crippen LogP contribution in [0.1, 0.15) is 51.1 Å². The predicted octanol–water partition coefficient (Wildman–Crippen LogP) is 5.10. The van der Waals surface area contributed by atoms with E-state index in [1.54, 1.807) is 18.2 Å². The fourth-order valence-corrected chi connectivity index (χ4v) is 9.15. The third-order valence-corrected chi connectivity index (χ3v) is 12.3. The molecule has 0 saturated heterocycles. The molecule has 10 heteroatoms. The molecule has 246 valence electrons. The van der Waals surface area contributed by atoms with Crippen molar-refractivity contribution in [1.82, 2.24) is 5.32 Å². The maximum atomic E-state index is 13.3. The molecule has 0 unspecified atom stereocenters. The highest BCUT2D eigenvalue weighted by atomic mass is 35.5. The average Bonchev–Trinajstić information content (AvgIpc) is 3.03. The van der Waals surface area contributed by atoms with Gasteiger partial charge in [-0.3, -0.25) is 4.79 Å². The molecule has 2 aromatic carbocycles. The van der Waals surface area contributed by atoms with Crippen LogP contribution in [0.3, 0.4) is 0 Å². The minimum atomic E-state index is -2.21. The van der Waals surface area contributed by atoms with Crippen molar-refractivity contribution in [3.05, 3.63) is 87.6 Å². The lowest BCUT2D eigenvalue weighted by Gasteiger charge is -2.38. The number of carbonyl (C=O) groups excluding carboxylic acids is 1. The first-order valence-electron chi connectivity index (χ1n) is 15.9. The van der Waals surface area contributed by atoms with Crippen LogP contribution in [0.4, 0.5) is 5.69 Å². The van der Waals surface area contributed by atoms with E-state index in [2.05, 4.69) is 64.3 Å². The Labute approximate surface area is 279 Å². The van der Waals surface area contributed by atoms with E-state index in [0.717, 1.165) is 47.4 Å². The zero-order valence-electron chi connectivity index (χ0n) is 27.9. The Morgan fingerprint density at radius 3 is 2.35 bits per heavy atom. The molecular formula is C36H47ClN3O5Si+. The van der Waals surface area contributed by atoms with Crippen molar-refractivity contribution >= 4 is 53.7 Å². The molecule has 1 heterocycles. The Morgan fingerprint density at radius 1 is 0.935 bits per heavy atom. The topological polar surface area (TPSA) is 91.1 Å². The van der Waals surface area contributed by atoms with Gasteiger partial charge < -0.3 is 24.8 Å².